The van der Waals surface area contributed by atoms with E-state index in [1.807, 2.05) is 86.6 Å². The number of ether oxygens (including phenoxy) is 1. The van der Waals surface area contributed by atoms with Gasteiger partial charge in [0, 0.05) is 25.0 Å². The summed E-state index contributed by atoms with van der Waals surface area (Å²) < 4.78 is 17.2. The largest absolute Gasteiger partial charge is 0.462 e. The van der Waals surface area contributed by atoms with Gasteiger partial charge in [-0.05, 0) is 98.7 Å². The summed E-state index contributed by atoms with van der Waals surface area (Å²) in [6, 6.07) is 26.1. The highest BCUT2D eigenvalue weighted by Crippen LogP contribution is 2.36. The number of nitrogens with zero attached hydrogens (tertiary/aromatic N) is 6. The SMILES string of the molecule is CC(=O)Cl.[C-]#[N+]c1ccc(C[C@@H](c2nnc(-c3ccccc3)o2)[C@H](C)O)c(C)c1Cl.[C-]#[N+]c1ccc(C[C@@H](c2nnc(-c3ccccc3)o2)[C@H](C)OC(C)=O)c(C)c1Cl. The first-order valence-electron chi connectivity index (χ1n) is 18.2. The van der Waals surface area contributed by atoms with Gasteiger partial charge in [0.25, 0.3) is 0 Å². The van der Waals surface area contributed by atoms with Crippen molar-refractivity contribution in [3.05, 3.63) is 152 Å². The summed E-state index contributed by atoms with van der Waals surface area (Å²) in [5.41, 5.74) is 5.96. The van der Waals surface area contributed by atoms with Crippen molar-refractivity contribution in [3.63, 3.8) is 0 Å². The molecule has 2 aromatic heterocycles. The number of rotatable bonds is 11. The number of aliphatic hydroxyl groups excluding tert-OH is 1. The zero-order valence-corrected chi connectivity index (χ0v) is 35.4. The summed E-state index contributed by atoms with van der Waals surface area (Å²) in [5, 5.41) is 27.4. The average Bonchev–Trinajstić information content (AvgIpc) is 3.91. The highest BCUT2D eigenvalue weighted by Gasteiger charge is 2.29. The van der Waals surface area contributed by atoms with Crippen molar-refractivity contribution in [1.29, 1.82) is 0 Å². The number of benzene rings is 4. The Morgan fingerprint density at radius 1 is 0.695 bits per heavy atom. The smallest absolute Gasteiger partial charge is 0.302 e. The highest BCUT2D eigenvalue weighted by atomic mass is 35.5. The quantitative estimate of drug-likeness (QED) is 0.0757. The van der Waals surface area contributed by atoms with Crippen LogP contribution in [0, 0.1) is 27.0 Å². The van der Waals surface area contributed by atoms with Crippen LogP contribution in [0.15, 0.2) is 93.8 Å². The number of aliphatic hydroxyl groups is 1. The van der Waals surface area contributed by atoms with Crippen LogP contribution in [0.5, 0.6) is 0 Å². The van der Waals surface area contributed by atoms with Crippen molar-refractivity contribution in [2.24, 2.45) is 0 Å². The van der Waals surface area contributed by atoms with Gasteiger partial charge < -0.3 is 18.7 Å². The Morgan fingerprint density at radius 2 is 1.08 bits per heavy atom. The van der Waals surface area contributed by atoms with Crippen LogP contribution in [0.3, 0.4) is 0 Å². The second-order valence-electron chi connectivity index (χ2n) is 13.4. The van der Waals surface area contributed by atoms with Crippen LogP contribution in [-0.2, 0) is 27.2 Å². The van der Waals surface area contributed by atoms with Crippen LogP contribution >= 0.6 is 34.8 Å². The lowest BCUT2D eigenvalue weighted by Crippen LogP contribution is -2.24. The second kappa shape index (κ2) is 21.8. The van der Waals surface area contributed by atoms with Crippen LogP contribution in [0.25, 0.3) is 32.6 Å². The molecule has 0 aliphatic rings. The van der Waals surface area contributed by atoms with Gasteiger partial charge in [-0.25, -0.2) is 9.69 Å². The molecule has 4 atom stereocenters. The van der Waals surface area contributed by atoms with Gasteiger partial charge in [-0.2, -0.15) is 0 Å². The maximum absolute atomic E-state index is 11.5. The Hall–Kier alpha value is -5.89. The third-order valence-electron chi connectivity index (χ3n) is 9.13. The van der Waals surface area contributed by atoms with Crippen LogP contribution in [0.4, 0.5) is 11.4 Å². The second-order valence-corrected chi connectivity index (χ2v) is 14.6. The lowest BCUT2D eigenvalue weighted by molar-refractivity contribution is -0.146. The molecule has 0 aliphatic heterocycles. The number of aromatic nitrogens is 4. The first kappa shape index (κ1) is 45.8. The molecule has 0 spiro atoms. The van der Waals surface area contributed by atoms with E-state index in [1.54, 1.807) is 26.0 Å². The molecule has 6 rings (SSSR count). The molecule has 2 heterocycles. The standard InChI is InChI=1S/C22H20ClN3O3.C20H18ClN3O2.C2H3ClO/c1-13-17(10-11-19(24-4)20(13)23)12-18(14(2)28-15(3)27)22-26-25-21(29-22)16-8-6-5-7-9-16;1-12-15(9-10-17(22-3)18(12)21)11-16(13(2)25)20-24-23-19(26-20)14-7-5-4-6-8-14;1-2(3)4/h5-11,14,18H,12H2,1-3H3;4-10,13,16,25H,11H2,1-2H3;1H3/t14-,18+;13-,16+;/m00./s1. The number of carbonyl (C=O) groups excluding carboxylic acids is 2. The normalized spacial score (nSPS) is 12.5. The van der Waals surface area contributed by atoms with Gasteiger partial charge in [0.2, 0.25) is 40.2 Å². The third-order valence-corrected chi connectivity index (χ3v) is 10.1. The molecule has 59 heavy (non-hydrogen) atoms. The Bertz CT molecular complexity index is 2440. The summed E-state index contributed by atoms with van der Waals surface area (Å²) in [6.45, 7) is 24.2. The fourth-order valence-electron chi connectivity index (χ4n) is 5.94. The molecule has 0 unspecified atom stereocenters. The molecule has 12 nitrogen and oxygen atoms in total. The van der Waals surface area contributed by atoms with E-state index in [0.29, 0.717) is 57.8 Å². The molecule has 0 saturated carbocycles. The minimum absolute atomic E-state index is 0.361. The predicted molar refractivity (Wildman–Crippen MR) is 227 cm³/mol. The highest BCUT2D eigenvalue weighted by molar-refractivity contribution is 6.62. The summed E-state index contributed by atoms with van der Waals surface area (Å²) >= 11 is 17.2. The molecular weight excluding hydrogens is 815 g/mol. The molecule has 0 radical (unpaired) electrons. The molecule has 4 aromatic carbocycles. The van der Waals surface area contributed by atoms with Crippen molar-refractivity contribution in [3.8, 4) is 22.9 Å². The Labute approximate surface area is 357 Å². The van der Waals surface area contributed by atoms with E-state index in [1.165, 1.54) is 13.8 Å². The van der Waals surface area contributed by atoms with Gasteiger partial charge in [0.1, 0.15) is 6.10 Å². The number of halogens is 3. The third kappa shape index (κ3) is 12.5. The zero-order valence-electron chi connectivity index (χ0n) is 33.1. The molecular formula is C44H41Cl3N6O6. The van der Waals surface area contributed by atoms with Crippen LogP contribution in [0.2, 0.25) is 10.0 Å². The molecule has 0 aliphatic carbocycles. The van der Waals surface area contributed by atoms with Crippen molar-refractivity contribution in [2.75, 3.05) is 0 Å². The zero-order chi connectivity index (χ0) is 43.2. The molecule has 1 N–H and O–H groups in total. The summed E-state index contributed by atoms with van der Waals surface area (Å²) in [4.78, 5) is 27.6. The molecule has 15 heteroatoms. The Balaban J connectivity index is 0.000000240. The molecule has 0 saturated heterocycles. The first-order chi connectivity index (χ1) is 28.1. The number of hydrogen-bond acceptors (Lipinski definition) is 10. The van der Waals surface area contributed by atoms with E-state index in [4.69, 9.17) is 49.9 Å². The minimum Gasteiger partial charge on any atom is -0.462 e. The first-order valence-corrected chi connectivity index (χ1v) is 19.4. The van der Waals surface area contributed by atoms with Gasteiger partial charge in [-0.1, -0.05) is 83.9 Å². The monoisotopic (exact) mass is 854 g/mol. The average molecular weight is 856 g/mol. The minimum atomic E-state index is -0.683. The maximum atomic E-state index is 11.5. The summed E-state index contributed by atoms with van der Waals surface area (Å²) in [6.07, 6.45) is -0.222. The van der Waals surface area contributed by atoms with Crippen LogP contribution in [-0.4, -0.2) is 48.9 Å². The van der Waals surface area contributed by atoms with Crippen LogP contribution in [0.1, 0.15) is 73.6 Å². The van der Waals surface area contributed by atoms with E-state index >= 15 is 0 Å². The Kier molecular flexibility index (Phi) is 16.9. The fourth-order valence-corrected chi connectivity index (χ4v) is 6.39. The van der Waals surface area contributed by atoms with Crippen molar-refractivity contribution in [2.45, 2.75) is 78.4 Å². The Morgan fingerprint density at radius 3 is 1.46 bits per heavy atom. The fraction of sp³-hybridized carbons (Fsp3) is 0.273. The van der Waals surface area contributed by atoms with Gasteiger partial charge in [-0.15, -0.1) is 20.4 Å². The van der Waals surface area contributed by atoms with E-state index < -0.39 is 12.2 Å². The van der Waals surface area contributed by atoms with Gasteiger partial charge in [0.15, 0.2) is 0 Å². The van der Waals surface area contributed by atoms with E-state index in [2.05, 4.69) is 41.7 Å². The lowest BCUT2D eigenvalue weighted by Gasteiger charge is -2.22. The van der Waals surface area contributed by atoms with Gasteiger partial charge in [-0.3, -0.25) is 9.59 Å². The van der Waals surface area contributed by atoms with E-state index in [9.17, 15) is 14.7 Å². The van der Waals surface area contributed by atoms with E-state index in [-0.39, 0.29) is 23.0 Å². The van der Waals surface area contributed by atoms with Crippen molar-refractivity contribution >= 4 is 57.4 Å². The van der Waals surface area contributed by atoms with Gasteiger partial charge >= 0.3 is 5.97 Å². The maximum Gasteiger partial charge on any atom is 0.302 e. The van der Waals surface area contributed by atoms with Gasteiger partial charge in [0.05, 0.1) is 41.1 Å². The predicted octanol–water partition coefficient (Wildman–Crippen LogP) is 11.3. The number of carbonyl (C=O) groups is 2. The number of esters is 1. The van der Waals surface area contributed by atoms with Crippen LogP contribution < -0.4 is 0 Å². The molecule has 0 fully saturated rings. The molecule has 0 amide bonds. The number of hydrogen-bond donors (Lipinski definition) is 1. The molecule has 304 valence electrons. The lowest BCUT2D eigenvalue weighted by atomic mass is 9.92. The van der Waals surface area contributed by atoms with E-state index in [0.717, 1.165) is 33.4 Å². The summed E-state index contributed by atoms with van der Waals surface area (Å²) in [7, 11) is 0. The van der Waals surface area contributed by atoms with Crippen molar-refractivity contribution in [1.82, 2.24) is 20.4 Å². The topological polar surface area (TPSA) is 150 Å². The van der Waals surface area contributed by atoms with Crippen molar-refractivity contribution < 1.29 is 28.3 Å². The summed E-state index contributed by atoms with van der Waals surface area (Å²) in [5.74, 6) is 0.462. The molecule has 6 aromatic rings. The molecule has 0 bridgehead atoms.